The first kappa shape index (κ1) is 12.7. The van der Waals surface area contributed by atoms with Crippen molar-refractivity contribution in [3.63, 3.8) is 0 Å². The van der Waals surface area contributed by atoms with Gasteiger partial charge in [0.25, 0.3) is 0 Å². The van der Waals surface area contributed by atoms with E-state index in [2.05, 4.69) is 20.8 Å². The number of ketones is 1. The molecule has 0 aromatic heterocycles. The number of carbonyl (C=O) groups excluding carboxylic acids is 1. The molecule has 0 spiro atoms. The zero-order chi connectivity index (χ0) is 11.3. The Morgan fingerprint density at radius 1 is 1.33 bits per heavy atom. The average Bonchev–Trinajstić information content (AvgIpc) is 2.21. The van der Waals surface area contributed by atoms with Crippen LogP contribution in [0.4, 0.5) is 0 Å². The van der Waals surface area contributed by atoms with E-state index in [1.54, 1.807) is 0 Å². The summed E-state index contributed by atoms with van der Waals surface area (Å²) in [6, 6.07) is 0. The highest BCUT2D eigenvalue weighted by Gasteiger charge is 2.31. The highest BCUT2D eigenvalue weighted by molar-refractivity contribution is 5.82. The Bertz CT molecular complexity index is 198. The summed E-state index contributed by atoms with van der Waals surface area (Å²) in [6.07, 6.45) is 8.20. The van der Waals surface area contributed by atoms with Gasteiger partial charge < -0.3 is 0 Å². The molecule has 0 aromatic carbocycles. The second kappa shape index (κ2) is 6.30. The van der Waals surface area contributed by atoms with Crippen LogP contribution in [0.5, 0.6) is 0 Å². The lowest BCUT2D eigenvalue weighted by Crippen LogP contribution is -2.29. The van der Waals surface area contributed by atoms with Crippen LogP contribution in [-0.2, 0) is 4.79 Å². The third-order valence-electron chi connectivity index (χ3n) is 3.93. The molecular formula is C14H26O. The number of Topliss-reactive ketones (excluding diaryl/α,β-unsaturated/α-hetero) is 1. The van der Waals surface area contributed by atoms with Gasteiger partial charge in [-0.3, -0.25) is 4.79 Å². The Morgan fingerprint density at radius 2 is 2.07 bits per heavy atom. The predicted molar refractivity (Wildman–Crippen MR) is 64.8 cm³/mol. The molecule has 0 aromatic rings. The monoisotopic (exact) mass is 210 g/mol. The summed E-state index contributed by atoms with van der Waals surface area (Å²) in [6.45, 7) is 6.73. The molecule has 3 unspecified atom stereocenters. The maximum Gasteiger partial charge on any atom is 0.136 e. The number of hydrogen-bond donors (Lipinski definition) is 0. The fraction of sp³-hybridized carbons (Fsp3) is 0.929. The standard InChI is InChI=1S/C14H26O/c1-4-6-11(3)13-10-12(7-5-2)8-9-14(13)15/h11-13H,4-10H2,1-3H3. The van der Waals surface area contributed by atoms with Crippen molar-refractivity contribution in [1.82, 2.24) is 0 Å². The Hall–Kier alpha value is -0.330. The molecule has 15 heavy (non-hydrogen) atoms. The van der Waals surface area contributed by atoms with E-state index in [1.807, 2.05) is 0 Å². The van der Waals surface area contributed by atoms with Crippen molar-refractivity contribution in [3.05, 3.63) is 0 Å². The van der Waals surface area contributed by atoms with Crippen LogP contribution in [0.15, 0.2) is 0 Å². The van der Waals surface area contributed by atoms with Crippen LogP contribution < -0.4 is 0 Å². The lowest BCUT2D eigenvalue weighted by atomic mass is 9.72. The van der Waals surface area contributed by atoms with Crippen molar-refractivity contribution < 1.29 is 4.79 Å². The van der Waals surface area contributed by atoms with Gasteiger partial charge in [-0.2, -0.15) is 0 Å². The van der Waals surface area contributed by atoms with E-state index in [0.29, 0.717) is 17.6 Å². The molecule has 0 N–H and O–H groups in total. The van der Waals surface area contributed by atoms with E-state index in [-0.39, 0.29) is 0 Å². The highest BCUT2D eigenvalue weighted by Crippen LogP contribution is 2.35. The van der Waals surface area contributed by atoms with Gasteiger partial charge in [-0.05, 0) is 24.7 Å². The van der Waals surface area contributed by atoms with Crippen molar-refractivity contribution in [2.24, 2.45) is 17.8 Å². The molecule has 1 aliphatic rings. The summed E-state index contributed by atoms with van der Waals surface area (Å²) in [7, 11) is 0. The van der Waals surface area contributed by atoms with E-state index in [1.165, 1.54) is 32.1 Å². The smallest absolute Gasteiger partial charge is 0.136 e. The Kier molecular flexibility index (Phi) is 5.35. The average molecular weight is 210 g/mol. The van der Waals surface area contributed by atoms with Crippen LogP contribution in [-0.4, -0.2) is 5.78 Å². The summed E-state index contributed by atoms with van der Waals surface area (Å²) < 4.78 is 0. The van der Waals surface area contributed by atoms with Crippen LogP contribution in [0.2, 0.25) is 0 Å². The normalized spacial score (nSPS) is 29.1. The van der Waals surface area contributed by atoms with Gasteiger partial charge >= 0.3 is 0 Å². The third-order valence-corrected chi connectivity index (χ3v) is 3.93. The molecule has 1 aliphatic carbocycles. The zero-order valence-electron chi connectivity index (χ0n) is 10.6. The summed E-state index contributed by atoms with van der Waals surface area (Å²) >= 11 is 0. The molecule has 0 aliphatic heterocycles. The summed E-state index contributed by atoms with van der Waals surface area (Å²) in [5.41, 5.74) is 0. The third kappa shape index (κ3) is 3.62. The van der Waals surface area contributed by atoms with E-state index in [9.17, 15) is 4.79 Å². The summed E-state index contributed by atoms with van der Waals surface area (Å²) in [4.78, 5) is 11.9. The molecule has 0 saturated heterocycles. The maximum atomic E-state index is 11.9. The molecule has 1 saturated carbocycles. The van der Waals surface area contributed by atoms with Crippen LogP contribution >= 0.6 is 0 Å². The molecule has 1 nitrogen and oxygen atoms in total. The number of hydrogen-bond acceptors (Lipinski definition) is 1. The van der Waals surface area contributed by atoms with Gasteiger partial charge in [0, 0.05) is 12.3 Å². The maximum absolute atomic E-state index is 11.9. The van der Waals surface area contributed by atoms with Crippen molar-refractivity contribution in [2.75, 3.05) is 0 Å². The minimum atomic E-state index is 0.384. The molecule has 1 fully saturated rings. The van der Waals surface area contributed by atoms with Crippen molar-refractivity contribution in [2.45, 2.75) is 65.7 Å². The van der Waals surface area contributed by atoms with Crippen molar-refractivity contribution in [3.8, 4) is 0 Å². The molecule has 0 amide bonds. The van der Waals surface area contributed by atoms with Crippen molar-refractivity contribution >= 4 is 5.78 Å². The van der Waals surface area contributed by atoms with Gasteiger partial charge in [0.2, 0.25) is 0 Å². The Morgan fingerprint density at radius 3 is 2.67 bits per heavy atom. The van der Waals surface area contributed by atoms with E-state index in [4.69, 9.17) is 0 Å². The first-order valence-electron chi connectivity index (χ1n) is 6.71. The largest absolute Gasteiger partial charge is 0.299 e. The van der Waals surface area contributed by atoms with Gasteiger partial charge in [-0.15, -0.1) is 0 Å². The fourth-order valence-electron chi connectivity index (χ4n) is 3.02. The second-order valence-corrected chi connectivity index (χ2v) is 5.27. The summed E-state index contributed by atoms with van der Waals surface area (Å²) in [5, 5.41) is 0. The Balaban J connectivity index is 2.49. The minimum absolute atomic E-state index is 0.384. The van der Waals surface area contributed by atoms with Crippen LogP contribution in [0.1, 0.15) is 65.7 Å². The zero-order valence-corrected chi connectivity index (χ0v) is 10.6. The first-order chi connectivity index (χ1) is 7.19. The quantitative estimate of drug-likeness (QED) is 0.664. The van der Waals surface area contributed by atoms with Gasteiger partial charge in [0.1, 0.15) is 5.78 Å². The molecule has 0 heterocycles. The van der Waals surface area contributed by atoms with Crippen LogP contribution in [0.3, 0.4) is 0 Å². The highest BCUT2D eigenvalue weighted by atomic mass is 16.1. The molecule has 0 bridgehead atoms. The second-order valence-electron chi connectivity index (χ2n) is 5.27. The van der Waals surface area contributed by atoms with Gasteiger partial charge in [0.05, 0.1) is 0 Å². The molecule has 3 atom stereocenters. The molecule has 1 rings (SSSR count). The van der Waals surface area contributed by atoms with E-state index >= 15 is 0 Å². The topological polar surface area (TPSA) is 17.1 Å². The van der Waals surface area contributed by atoms with Gasteiger partial charge in [-0.25, -0.2) is 0 Å². The lowest BCUT2D eigenvalue weighted by Gasteiger charge is -2.31. The van der Waals surface area contributed by atoms with E-state index < -0.39 is 0 Å². The molecule has 1 heteroatoms. The number of carbonyl (C=O) groups is 1. The minimum Gasteiger partial charge on any atom is -0.299 e. The van der Waals surface area contributed by atoms with Crippen LogP contribution in [0, 0.1) is 17.8 Å². The fourth-order valence-corrected chi connectivity index (χ4v) is 3.02. The summed E-state index contributed by atoms with van der Waals surface area (Å²) in [5.74, 6) is 2.37. The molecular weight excluding hydrogens is 184 g/mol. The predicted octanol–water partition coefficient (Wildman–Crippen LogP) is 4.21. The van der Waals surface area contributed by atoms with Crippen molar-refractivity contribution in [1.29, 1.82) is 0 Å². The SMILES string of the molecule is CCCC1CCC(=O)C(C(C)CCC)C1. The number of rotatable bonds is 5. The van der Waals surface area contributed by atoms with Gasteiger partial charge in [0.15, 0.2) is 0 Å². The molecule has 0 radical (unpaired) electrons. The molecule has 88 valence electrons. The first-order valence-corrected chi connectivity index (χ1v) is 6.71. The lowest BCUT2D eigenvalue weighted by molar-refractivity contribution is -0.127. The Labute approximate surface area is 94.6 Å². The van der Waals surface area contributed by atoms with E-state index in [0.717, 1.165) is 18.8 Å². The van der Waals surface area contributed by atoms with Gasteiger partial charge in [-0.1, -0.05) is 46.5 Å². The van der Waals surface area contributed by atoms with Crippen LogP contribution in [0.25, 0.3) is 0 Å².